The molecule has 8 nitrogen and oxygen atoms in total. The number of hydrogen-bond donors (Lipinski definition) is 2. The summed E-state index contributed by atoms with van der Waals surface area (Å²) in [7, 11) is 0.152. The van der Waals surface area contributed by atoms with Crippen LogP contribution in [0.4, 0.5) is 10.1 Å². The first-order valence-electron chi connectivity index (χ1n) is 11.0. The number of pyridine rings is 1. The number of likely N-dealkylation sites (N-methyl/N-ethyl adjacent to an activating group) is 1. The Morgan fingerprint density at radius 3 is 2.46 bits per heavy atom. The van der Waals surface area contributed by atoms with Gasteiger partial charge in [0, 0.05) is 37.1 Å². The van der Waals surface area contributed by atoms with Gasteiger partial charge in [-0.1, -0.05) is 6.07 Å². The van der Waals surface area contributed by atoms with Crippen molar-refractivity contribution in [1.29, 1.82) is 0 Å². The molecule has 0 saturated carbocycles. The standard InChI is InChI=1S/C25H25FN4O4S/c1-30(25(32)18-4-6-19(26)7-5-18)23(13-17-3-2-12-27-14-17)24(31)28-20-8-10-22(11-9-20)35(33)29-21-15-34-16-21/h2-12,14,21,23,29H,13,15-16H2,1H3,(H,28,31). The van der Waals surface area contributed by atoms with E-state index in [9.17, 15) is 18.2 Å². The molecule has 2 N–H and O–H groups in total. The lowest BCUT2D eigenvalue weighted by Gasteiger charge is -2.28. The highest BCUT2D eigenvalue weighted by atomic mass is 32.2. The molecule has 1 saturated heterocycles. The Labute approximate surface area is 205 Å². The number of ether oxygens (including phenoxy) is 1. The smallest absolute Gasteiger partial charge is 0.254 e. The maximum absolute atomic E-state index is 13.3. The molecule has 2 amide bonds. The van der Waals surface area contributed by atoms with Crippen LogP contribution >= 0.6 is 0 Å². The summed E-state index contributed by atoms with van der Waals surface area (Å²) in [6.45, 7) is 1.06. The summed E-state index contributed by atoms with van der Waals surface area (Å²) in [4.78, 5) is 32.3. The molecule has 1 aliphatic rings. The van der Waals surface area contributed by atoms with Crippen LogP contribution in [0.1, 0.15) is 15.9 Å². The molecule has 1 fully saturated rings. The zero-order valence-corrected chi connectivity index (χ0v) is 19.8. The fourth-order valence-electron chi connectivity index (χ4n) is 3.50. The molecule has 0 spiro atoms. The Morgan fingerprint density at radius 1 is 1.14 bits per heavy atom. The number of rotatable bonds is 9. The van der Waals surface area contributed by atoms with Gasteiger partial charge in [0.05, 0.1) is 24.2 Å². The van der Waals surface area contributed by atoms with E-state index in [0.717, 1.165) is 5.56 Å². The third kappa shape index (κ3) is 6.36. The Bertz CT molecular complexity index is 1190. The van der Waals surface area contributed by atoms with Crippen LogP contribution in [0.15, 0.2) is 78.0 Å². The minimum absolute atomic E-state index is 0.0672. The van der Waals surface area contributed by atoms with Gasteiger partial charge in [-0.2, -0.15) is 0 Å². The van der Waals surface area contributed by atoms with Crippen molar-refractivity contribution >= 4 is 28.5 Å². The number of halogens is 1. The molecule has 2 atom stereocenters. The molecule has 4 rings (SSSR count). The highest BCUT2D eigenvalue weighted by Gasteiger charge is 2.28. The zero-order chi connectivity index (χ0) is 24.8. The summed E-state index contributed by atoms with van der Waals surface area (Å²) in [6.07, 6.45) is 3.50. The molecule has 1 aromatic heterocycles. The number of anilines is 1. The molecule has 182 valence electrons. The lowest BCUT2D eigenvalue weighted by molar-refractivity contribution is -0.120. The molecular formula is C25H25FN4O4S. The second-order valence-electron chi connectivity index (χ2n) is 8.14. The number of nitrogens with zero attached hydrogens (tertiary/aromatic N) is 2. The first-order valence-corrected chi connectivity index (χ1v) is 12.1. The van der Waals surface area contributed by atoms with Crippen molar-refractivity contribution in [2.45, 2.75) is 23.4 Å². The second-order valence-corrected chi connectivity index (χ2v) is 9.38. The topological polar surface area (TPSA) is 101 Å². The summed E-state index contributed by atoms with van der Waals surface area (Å²) >= 11 is 0. The van der Waals surface area contributed by atoms with Crippen LogP contribution in [0, 0.1) is 5.82 Å². The lowest BCUT2D eigenvalue weighted by atomic mass is 10.0. The van der Waals surface area contributed by atoms with Gasteiger partial charge in [0.1, 0.15) is 22.8 Å². The largest absolute Gasteiger partial charge is 0.378 e. The lowest BCUT2D eigenvalue weighted by Crippen LogP contribution is -2.46. The van der Waals surface area contributed by atoms with Crippen molar-refractivity contribution < 1.29 is 22.9 Å². The number of carbonyl (C=O) groups excluding carboxylic acids is 2. The van der Waals surface area contributed by atoms with Gasteiger partial charge < -0.3 is 15.0 Å². The van der Waals surface area contributed by atoms with Crippen LogP contribution in [-0.4, -0.2) is 58.3 Å². The van der Waals surface area contributed by atoms with Crippen molar-refractivity contribution in [3.63, 3.8) is 0 Å². The van der Waals surface area contributed by atoms with Crippen LogP contribution < -0.4 is 10.0 Å². The van der Waals surface area contributed by atoms with Crippen LogP contribution in [0.3, 0.4) is 0 Å². The van der Waals surface area contributed by atoms with Gasteiger partial charge in [-0.25, -0.2) is 13.3 Å². The van der Waals surface area contributed by atoms with Crippen molar-refractivity contribution in [2.24, 2.45) is 0 Å². The number of nitrogens with one attached hydrogen (secondary N) is 2. The number of amides is 2. The van der Waals surface area contributed by atoms with Gasteiger partial charge in [-0.3, -0.25) is 14.6 Å². The van der Waals surface area contributed by atoms with E-state index >= 15 is 0 Å². The highest BCUT2D eigenvalue weighted by molar-refractivity contribution is 7.83. The third-order valence-corrected chi connectivity index (χ3v) is 6.83. The van der Waals surface area contributed by atoms with E-state index in [2.05, 4.69) is 15.0 Å². The van der Waals surface area contributed by atoms with Crippen LogP contribution in [0.5, 0.6) is 0 Å². The average Bonchev–Trinajstić information content (AvgIpc) is 2.85. The molecule has 10 heteroatoms. The molecule has 2 unspecified atom stereocenters. The van der Waals surface area contributed by atoms with Crippen molar-refractivity contribution in [3.8, 4) is 0 Å². The van der Waals surface area contributed by atoms with Gasteiger partial charge in [-0.05, 0) is 60.2 Å². The van der Waals surface area contributed by atoms with Gasteiger partial charge in [0.2, 0.25) is 5.91 Å². The van der Waals surface area contributed by atoms with Gasteiger partial charge in [0.25, 0.3) is 5.91 Å². The number of aromatic nitrogens is 1. The Hall–Kier alpha value is -3.47. The Balaban J connectivity index is 1.48. The first kappa shape index (κ1) is 24.6. The van der Waals surface area contributed by atoms with Crippen LogP contribution in [-0.2, 0) is 26.9 Å². The minimum Gasteiger partial charge on any atom is -0.378 e. The normalized spacial score (nSPS) is 15.0. The molecule has 0 aliphatic carbocycles. The average molecular weight is 497 g/mol. The SMILES string of the molecule is CN(C(=O)c1ccc(F)cc1)C(Cc1cccnc1)C(=O)Nc1ccc(S(=O)NC2COC2)cc1. The predicted molar refractivity (Wildman–Crippen MR) is 129 cm³/mol. The molecule has 35 heavy (non-hydrogen) atoms. The van der Waals surface area contributed by atoms with E-state index in [1.54, 1.807) is 42.7 Å². The van der Waals surface area contributed by atoms with E-state index in [1.165, 1.54) is 36.2 Å². The molecule has 2 heterocycles. The van der Waals surface area contributed by atoms with Crippen LogP contribution in [0.25, 0.3) is 0 Å². The van der Waals surface area contributed by atoms with Gasteiger partial charge in [0.15, 0.2) is 0 Å². The predicted octanol–water partition coefficient (Wildman–Crippen LogP) is 2.55. The molecule has 0 bridgehead atoms. The monoisotopic (exact) mass is 496 g/mol. The summed E-state index contributed by atoms with van der Waals surface area (Å²) in [5.41, 5.74) is 1.55. The van der Waals surface area contributed by atoms with E-state index in [1.807, 2.05) is 6.07 Å². The van der Waals surface area contributed by atoms with E-state index in [4.69, 9.17) is 4.74 Å². The second kappa shape index (κ2) is 11.3. The highest BCUT2D eigenvalue weighted by Crippen LogP contribution is 2.17. The number of carbonyl (C=O) groups is 2. The number of benzene rings is 2. The summed E-state index contributed by atoms with van der Waals surface area (Å²) in [6, 6.07) is 14.6. The van der Waals surface area contributed by atoms with E-state index in [0.29, 0.717) is 23.8 Å². The fourth-order valence-corrected chi connectivity index (χ4v) is 4.45. The quantitative estimate of drug-likeness (QED) is 0.474. The molecular weight excluding hydrogens is 471 g/mol. The Morgan fingerprint density at radius 2 is 1.86 bits per heavy atom. The third-order valence-electron chi connectivity index (χ3n) is 5.58. The summed E-state index contributed by atoms with van der Waals surface area (Å²) < 4.78 is 33.7. The van der Waals surface area contributed by atoms with E-state index in [-0.39, 0.29) is 18.0 Å². The summed E-state index contributed by atoms with van der Waals surface area (Å²) in [5, 5.41) is 2.84. The van der Waals surface area contributed by atoms with Crippen molar-refractivity contribution in [2.75, 3.05) is 25.6 Å². The minimum atomic E-state index is -1.38. The maximum atomic E-state index is 13.3. The fraction of sp³-hybridized carbons (Fsp3) is 0.240. The molecule has 3 aromatic rings. The van der Waals surface area contributed by atoms with E-state index < -0.39 is 34.7 Å². The molecule has 2 aromatic carbocycles. The van der Waals surface area contributed by atoms with Crippen molar-refractivity contribution in [3.05, 3.63) is 90.0 Å². The van der Waals surface area contributed by atoms with Crippen LogP contribution in [0.2, 0.25) is 0 Å². The maximum Gasteiger partial charge on any atom is 0.254 e. The van der Waals surface area contributed by atoms with Gasteiger partial charge >= 0.3 is 0 Å². The first-order chi connectivity index (χ1) is 16.9. The number of hydrogen-bond acceptors (Lipinski definition) is 5. The van der Waals surface area contributed by atoms with Crippen molar-refractivity contribution in [1.82, 2.24) is 14.6 Å². The molecule has 0 radical (unpaired) electrons. The zero-order valence-electron chi connectivity index (χ0n) is 19.0. The Kier molecular flexibility index (Phi) is 7.96. The summed E-state index contributed by atoms with van der Waals surface area (Å²) in [5.74, 6) is -1.26. The van der Waals surface area contributed by atoms with Gasteiger partial charge in [-0.15, -0.1) is 0 Å². The molecule has 1 aliphatic heterocycles.